The predicted octanol–water partition coefficient (Wildman–Crippen LogP) is 4.51. The van der Waals surface area contributed by atoms with Crippen LogP contribution in [0.3, 0.4) is 0 Å². The van der Waals surface area contributed by atoms with Crippen LogP contribution in [-0.2, 0) is 5.41 Å². The Morgan fingerprint density at radius 1 is 1.07 bits per heavy atom. The number of hydrogen-bond donors (Lipinski definition) is 0. The molecule has 28 heavy (non-hydrogen) atoms. The van der Waals surface area contributed by atoms with Gasteiger partial charge in [-0.25, -0.2) is 0 Å². The lowest BCUT2D eigenvalue weighted by Gasteiger charge is -2.19. The van der Waals surface area contributed by atoms with Gasteiger partial charge in [-0.3, -0.25) is 10.1 Å². The average Bonchev–Trinajstić information content (AvgIpc) is 3.10. The predicted molar refractivity (Wildman–Crippen MR) is 110 cm³/mol. The summed E-state index contributed by atoms with van der Waals surface area (Å²) in [4.78, 5) is 10.7. The number of non-ortho nitro benzene ring substituents is 1. The van der Waals surface area contributed by atoms with Crippen LogP contribution >= 0.6 is 11.8 Å². The molecule has 0 radical (unpaired) electrons. The maximum atomic E-state index is 11.1. The molecule has 0 saturated heterocycles. The molecule has 3 aromatic rings. The molecule has 0 spiro atoms. The van der Waals surface area contributed by atoms with Crippen molar-refractivity contribution in [2.24, 2.45) is 5.10 Å². The maximum absolute atomic E-state index is 11.1. The van der Waals surface area contributed by atoms with Crippen molar-refractivity contribution < 1.29 is 4.92 Å². The SMILES string of the molecule is CC(C)(C)c1ccc(-c2nnc3n2N=C(c2cccc([N+](=O)[O-])c2)CS3)cc1. The Morgan fingerprint density at radius 3 is 2.50 bits per heavy atom. The third kappa shape index (κ3) is 3.43. The number of thioether (sulfide) groups is 1. The van der Waals surface area contributed by atoms with Crippen LogP contribution in [0.4, 0.5) is 5.69 Å². The summed E-state index contributed by atoms with van der Waals surface area (Å²) in [5.41, 5.74) is 3.79. The molecule has 0 fully saturated rings. The van der Waals surface area contributed by atoms with Crippen LogP contribution in [0.25, 0.3) is 11.4 Å². The molecule has 142 valence electrons. The van der Waals surface area contributed by atoms with Crippen molar-refractivity contribution in [3.05, 3.63) is 69.8 Å². The van der Waals surface area contributed by atoms with E-state index in [1.54, 1.807) is 16.8 Å². The second-order valence-electron chi connectivity index (χ2n) is 7.59. The summed E-state index contributed by atoms with van der Waals surface area (Å²) >= 11 is 1.52. The van der Waals surface area contributed by atoms with Gasteiger partial charge in [0.15, 0.2) is 5.82 Å². The maximum Gasteiger partial charge on any atom is 0.270 e. The molecule has 0 bridgehead atoms. The molecule has 1 aliphatic rings. The molecule has 7 nitrogen and oxygen atoms in total. The lowest BCUT2D eigenvalue weighted by Crippen LogP contribution is -2.14. The molecular formula is C20H19N5O2S. The van der Waals surface area contributed by atoms with E-state index in [1.165, 1.54) is 23.4 Å². The third-order valence-corrected chi connectivity index (χ3v) is 5.50. The molecule has 0 amide bonds. The van der Waals surface area contributed by atoms with Crippen LogP contribution in [-0.4, -0.2) is 31.3 Å². The summed E-state index contributed by atoms with van der Waals surface area (Å²) in [7, 11) is 0. The second kappa shape index (κ2) is 6.87. The zero-order valence-electron chi connectivity index (χ0n) is 15.8. The quantitative estimate of drug-likeness (QED) is 0.483. The summed E-state index contributed by atoms with van der Waals surface area (Å²) in [5.74, 6) is 1.24. The van der Waals surface area contributed by atoms with Crippen molar-refractivity contribution in [3.8, 4) is 11.4 Å². The third-order valence-electron chi connectivity index (χ3n) is 4.57. The molecule has 4 rings (SSSR count). The molecule has 1 aliphatic heterocycles. The van der Waals surface area contributed by atoms with Gasteiger partial charge in [-0.05, 0) is 11.0 Å². The number of nitro groups is 1. The van der Waals surface area contributed by atoms with E-state index in [0.717, 1.165) is 16.8 Å². The average molecular weight is 393 g/mol. The topological polar surface area (TPSA) is 86.2 Å². The number of rotatable bonds is 3. The highest BCUT2D eigenvalue weighted by Gasteiger charge is 2.22. The summed E-state index contributed by atoms with van der Waals surface area (Å²) in [6.45, 7) is 6.52. The Bertz CT molecular complexity index is 1080. The lowest BCUT2D eigenvalue weighted by molar-refractivity contribution is -0.384. The molecule has 2 aromatic carbocycles. The number of nitrogens with zero attached hydrogens (tertiary/aromatic N) is 5. The van der Waals surface area contributed by atoms with Gasteiger partial charge in [-0.1, -0.05) is 68.9 Å². The Balaban J connectivity index is 1.72. The number of aromatic nitrogens is 3. The van der Waals surface area contributed by atoms with E-state index in [4.69, 9.17) is 0 Å². The van der Waals surface area contributed by atoms with Gasteiger partial charge >= 0.3 is 0 Å². The van der Waals surface area contributed by atoms with Crippen LogP contribution in [0, 0.1) is 10.1 Å². The Kier molecular flexibility index (Phi) is 4.50. The fraction of sp³-hybridized carbons (Fsp3) is 0.250. The van der Waals surface area contributed by atoms with Gasteiger partial charge in [0.05, 0.1) is 10.6 Å². The number of hydrogen-bond acceptors (Lipinski definition) is 6. The van der Waals surface area contributed by atoms with E-state index in [2.05, 4.69) is 48.2 Å². The normalized spacial score (nSPS) is 13.8. The first-order valence-corrected chi connectivity index (χ1v) is 9.83. The van der Waals surface area contributed by atoms with Gasteiger partial charge in [0.1, 0.15) is 0 Å². The van der Waals surface area contributed by atoms with Gasteiger partial charge in [0.2, 0.25) is 5.16 Å². The minimum Gasteiger partial charge on any atom is -0.258 e. The van der Waals surface area contributed by atoms with E-state index >= 15 is 0 Å². The first kappa shape index (κ1) is 18.4. The van der Waals surface area contributed by atoms with Gasteiger partial charge in [-0.15, -0.1) is 10.2 Å². The van der Waals surface area contributed by atoms with E-state index in [-0.39, 0.29) is 11.1 Å². The zero-order valence-corrected chi connectivity index (χ0v) is 16.6. The summed E-state index contributed by atoms with van der Waals surface area (Å²) < 4.78 is 1.72. The number of nitro benzene ring substituents is 1. The van der Waals surface area contributed by atoms with Crippen molar-refractivity contribution in [2.45, 2.75) is 31.3 Å². The highest BCUT2D eigenvalue weighted by Crippen LogP contribution is 2.30. The van der Waals surface area contributed by atoms with E-state index in [1.807, 2.05) is 18.2 Å². The lowest BCUT2D eigenvalue weighted by atomic mass is 9.87. The van der Waals surface area contributed by atoms with Crippen molar-refractivity contribution >= 4 is 23.2 Å². The van der Waals surface area contributed by atoms with Crippen LogP contribution in [0.2, 0.25) is 0 Å². The minimum atomic E-state index is -0.396. The van der Waals surface area contributed by atoms with Crippen LogP contribution in [0.15, 0.2) is 58.8 Å². The van der Waals surface area contributed by atoms with Crippen LogP contribution in [0.1, 0.15) is 31.9 Å². The molecule has 0 atom stereocenters. The molecule has 0 N–H and O–H groups in total. The highest BCUT2D eigenvalue weighted by atomic mass is 32.2. The van der Waals surface area contributed by atoms with Crippen molar-refractivity contribution in [3.63, 3.8) is 0 Å². The number of fused-ring (bicyclic) bond motifs is 1. The molecule has 1 aromatic heterocycles. The molecular weight excluding hydrogens is 374 g/mol. The fourth-order valence-electron chi connectivity index (χ4n) is 2.97. The monoisotopic (exact) mass is 393 g/mol. The summed E-state index contributed by atoms with van der Waals surface area (Å²) in [6.07, 6.45) is 0. The first-order chi connectivity index (χ1) is 13.3. The number of benzene rings is 2. The van der Waals surface area contributed by atoms with Gasteiger partial charge in [-0.2, -0.15) is 9.78 Å². The van der Waals surface area contributed by atoms with Crippen molar-refractivity contribution in [2.75, 3.05) is 5.75 Å². The smallest absolute Gasteiger partial charge is 0.258 e. The van der Waals surface area contributed by atoms with Crippen molar-refractivity contribution in [1.82, 2.24) is 14.9 Å². The largest absolute Gasteiger partial charge is 0.270 e. The first-order valence-electron chi connectivity index (χ1n) is 8.85. The van der Waals surface area contributed by atoms with E-state index in [9.17, 15) is 10.1 Å². The van der Waals surface area contributed by atoms with E-state index in [0.29, 0.717) is 16.7 Å². The molecule has 0 saturated carbocycles. The summed E-state index contributed by atoms with van der Waals surface area (Å²) in [6, 6.07) is 14.8. The Labute approximate surface area is 166 Å². The highest BCUT2D eigenvalue weighted by molar-refractivity contribution is 7.99. The molecule has 0 aliphatic carbocycles. The molecule has 2 heterocycles. The second-order valence-corrected chi connectivity index (χ2v) is 8.53. The van der Waals surface area contributed by atoms with Gasteiger partial charge in [0, 0.05) is 29.0 Å². The minimum absolute atomic E-state index is 0.0535. The van der Waals surface area contributed by atoms with E-state index < -0.39 is 4.92 Å². The Hall–Kier alpha value is -3.00. The fourth-order valence-corrected chi connectivity index (χ4v) is 3.81. The van der Waals surface area contributed by atoms with Gasteiger partial charge in [0.25, 0.3) is 5.69 Å². The Morgan fingerprint density at radius 2 is 1.82 bits per heavy atom. The van der Waals surface area contributed by atoms with Crippen molar-refractivity contribution in [1.29, 1.82) is 0 Å². The zero-order chi connectivity index (χ0) is 19.9. The van der Waals surface area contributed by atoms with Gasteiger partial charge < -0.3 is 0 Å². The van der Waals surface area contributed by atoms with Crippen LogP contribution in [0.5, 0.6) is 0 Å². The summed E-state index contributed by atoms with van der Waals surface area (Å²) in [5, 5.41) is 25.0. The molecule has 8 heteroatoms. The van der Waals surface area contributed by atoms with Crippen LogP contribution < -0.4 is 0 Å². The standard InChI is InChI=1S/C20H19N5O2S/c1-20(2,3)15-9-7-13(8-10-15)18-21-22-19-24(18)23-17(12-28-19)14-5-4-6-16(11-14)25(26)27/h4-11H,12H2,1-3H3. The molecule has 0 unspecified atom stereocenters.